The van der Waals surface area contributed by atoms with Gasteiger partial charge in [-0.05, 0) is 31.6 Å². The van der Waals surface area contributed by atoms with E-state index in [-0.39, 0.29) is 0 Å². The van der Waals surface area contributed by atoms with Crippen LogP contribution in [0.25, 0.3) is 0 Å². The maximum atomic E-state index is 11.8. The van der Waals surface area contributed by atoms with Crippen molar-refractivity contribution in [3.05, 3.63) is 12.2 Å². The molecular weight excluding hydrogens is 268 g/mol. The topological polar surface area (TPSA) is 63.6 Å². The number of carbonyl (C=O) groups excluding carboxylic acids is 1. The maximum Gasteiger partial charge on any atom is 0.331 e. The highest BCUT2D eigenvalue weighted by Gasteiger charge is 2.32. The van der Waals surface area contributed by atoms with Gasteiger partial charge in [0, 0.05) is 12.2 Å². The summed E-state index contributed by atoms with van der Waals surface area (Å²) in [7, 11) is 0. The first kappa shape index (κ1) is 17.7. The van der Waals surface area contributed by atoms with E-state index < -0.39 is 17.5 Å². The average Bonchev–Trinajstić information content (AvgIpc) is 2.39. The van der Waals surface area contributed by atoms with Crippen LogP contribution in [0.2, 0.25) is 0 Å². The normalized spacial score (nSPS) is 25.5. The van der Waals surface area contributed by atoms with E-state index >= 15 is 0 Å². The Morgan fingerprint density at radius 3 is 2.38 bits per heavy atom. The summed E-state index contributed by atoms with van der Waals surface area (Å²) in [5.41, 5.74) is -0.486. The molecule has 0 spiro atoms. The van der Waals surface area contributed by atoms with Gasteiger partial charge in [-0.2, -0.15) is 0 Å². The van der Waals surface area contributed by atoms with Gasteiger partial charge >= 0.3 is 11.9 Å². The zero-order valence-corrected chi connectivity index (χ0v) is 13.4. The number of esters is 1. The molecule has 120 valence electrons. The van der Waals surface area contributed by atoms with Crippen LogP contribution in [0.1, 0.15) is 65.7 Å². The summed E-state index contributed by atoms with van der Waals surface area (Å²) < 4.78 is 5.57. The quantitative estimate of drug-likeness (QED) is 0.571. The van der Waals surface area contributed by atoms with Gasteiger partial charge in [0.2, 0.25) is 0 Å². The molecule has 1 fully saturated rings. The Morgan fingerprint density at radius 1 is 1.24 bits per heavy atom. The SMILES string of the molecule is CCCC(C)(CC1CCC(C)CC1)OC(=O)/C=C/C(=O)O. The molecule has 1 N–H and O–H groups in total. The molecule has 0 aromatic heterocycles. The van der Waals surface area contributed by atoms with E-state index in [0.717, 1.165) is 37.3 Å². The fourth-order valence-electron chi connectivity index (χ4n) is 3.28. The monoisotopic (exact) mass is 296 g/mol. The summed E-state index contributed by atoms with van der Waals surface area (Å²) >= 11 is 0. The van der Waals surface area contributed by atoms with Crippen LogP contribution in [0.3, 0.4) is 0 Å². The minimum Gasteiger partial charge on any atom is -0.478 e. The molecule has 0 aliphatic heterocycles. The predicted octanol–water partition coefficient (Wildman–Crippen LogP) is 3.95. The number of carboxylic acids is 1. The number of hydrogen-bond donors (Lipinski definition) is 1. The van der Waals surface area contributed by atoms with Gasteiger partial charge in [0.05, 0.1) is 0 Å². The van der Waals surface area contributed by atoms with Crippen molar-refractivity contribution >= 4 is 11.9 Å². The predicted molar refractivity (Wildman–Crippen MR) is 81.9 cm³/mol. The highest BCUT2D eigenvalue weighted by Crippen LogP contribution is 2.36. The van der Waals surface area contributed by atoms with E-state index in [2.05, 4.69) is 13.8 Å². The van der Waals surface area contributed by atoms with Crippen LogP contribution in [0.5, 0.6) is 0 Å². The number of carboxylic acid groups (broad SMARTS) is 1. The molecule has 0 radical (unpaired) electrons. The minimum absolute atomic E-state index is 0.486. The van der Waals surface area contributed by atoms with Crippen molar-refractivity contribution in [1.82, 2.24) is 0 Å². The maximum absolute atomic E-state index is 11.8. The van der Waals surface area contributed by atoms with Crippen LogP contribution in [0, 0.1) is 11.8 Å². The zero-order valence-electron chi connectivity index (χ0n) is 13.4. The van der Waals surface area contributed by atoms with Crippen LogP contribution >= 0.6 is 0 Å². The van der Waals surface area contributed by atoms with Crippen molar-refractivity contribution in [2.45, 2.75) is 71.3 Å². The molecule has 1 rings (SSSR count). The van der Waals surface area contributed by atoms with E-state index in [1.165, 1.54) is 25.7 Å². The molecule has 0 amide bonds. The summed E-state index contributed by atoms with van der Waals surface area (Å²) in [6.07, 6.45) is 9.35. The van der Waals surface area contributed by atoms with Crippen LogP contribution in [0.4, 0.5) is 0 Å². The Kier molecular flexibility index (Phi) is 6.93. The molecule has 4 nitrogen and oxygen atoms in total. The average molecular weight is 296 g/mol. The summed E-state index contributed by atoms with van der Waals surface area (Å²) in [6, 6.07) is 0. The van der Waals surface area contributed by atoms with Gasteiger partial charge in [0.1, 0.15) is 5.60 Å². The van der Waals surface area contributed by atoms with E-state index in [0.29, 0.717) is 5.92 Å². The Labute approximate surface area is 127 Å². The lowest BCUT2D eigenvalue weighted by Gasteiger charge is -2.35. The second-order valence-corrected chi connectivity index (χ2v) is 6.62. The first-order chi connectivity index (χ1) is 9.84. The van der Waals surface area contributed by atoms with Gasteiger partial charge in [-0.3, -0.25) is 0 Å². The van der Waals surface area contributed by atoms with Crippen LogP contribution in [-0.2, 0) is 14.3 Å². The molecule has 1 saturated carbocycles. The molecule has 0 aromatic carbocycles. The van der Waals surface area contributed by atoms with Crippen molar-refractivity contribution in [2.75, 3.05) is 0 Å². The minimum atomic E-state index is -1.13. The number of carbonyl (C=O) groups is 2. The molecule has 1 atom stereocenters. The molecule has 1 aliphatic rings. The largest absolute Gasteiger partial charge is 0.478 e. The van der Waals surface area contributed by atoms with E-state index in [9.17, 15) is 9.59 Å². The lowest BCUT2D eigenvalue weighted by Crippen LogP contribution is -2.34. The third-order valence-electron chi connectivity index (χ3n) is 4.34. The molecule has 1 unspecified atom stereocenters. The van der Waals surface area contributed by atoms with Crippen LogP contribution < -0.4 is 0 Å². The summed E-state index contributed by atoms with van der Waals surface area (Å²) in [5, 5.41) is 8.56. The molecule has 4 heteroatoms. The van der Waals surface area contributed by atoms with E-state index in [1.54, 1.807) is 0 Å². The molecule has 21 heavy (non-hydrogen) atoms. The molecule has 0 aromatic rings. The number of hydrogen-bond acceptors (Lipinski definition) is 3. The van der Waals surface area contributed by atoms with Crippen LogP contribution in [0.15, 0.2) is 12.2 Å². The second kappa shape index (κ2) is 8.20. The highest BCUT2D eigenvalue weighted by molar-refractivity contribution is 5.90. The van der Waals surface area contributed by atoms with Gasteiger partial charge < -0.3 is 9.84 Å². The van der Waals surface area contributed by atoms with Crippen molar-refractivity contribution in [3.63, 3.8) is 0 Å². The molecule has 1 aliphatic carbocycles. The van der Waals surface area contributed by atoms with Gasteiger partial charge in [0.15, 0.2) is 0 Å². The smallest absolute Gasteiger partial charge is 0.331 e. The first-order valence-electron chi connectivity index (χ1n) is 7.98. The third-order valence-corrected chi connectivity index (χ3v) is 4.34. The standard InChI is InChI=1S/C17H28O4/c1-4-11-17(3,21-16(20)10-9-15(18)19)12-14-7-5-13(2)6-8-14/h9-10,13-14H,4-8,11-12H2,1-3H3,(H,18,19)/b10-9+. The Bertz CT molecular complexity index is 380. The van der Waals surface area contributed by atoms with E-state index in [4.69, 9.17) is 9.84 Å². The van der Waals surface area contributed by atoms with Crippen molar-refractivity contribution in [3.8, 4) is 0 Å². The van der Waals surface area contributed by atoms with Gasteiger partial charge in [-0.1, -0.05) is 46.0 Å². The van der Waals surface area contributed by atoms with Crippen molar-refractivity contribution < 1.29 is 19.4 Å². The van der Waals surface area contributed by atoms with E-state index in [1.807, 2.05) is 6.92 Å². The van der Waals surface area contributed by atoms with Crippen LogP contribution in [-0.4, -0.2) is 22.6 Å². The van der Waals surface area contributed by atoms with Gasteiger partial charge in [-0.25, -0.2) is 9.59 Å². The Morgan fingerprint density at radius 2 is 1.86 bits per heavy atom. The second-order valence-electron chi connectivity index (χ2n) is 6.62. The molecule has 0 saturated heterocycles. The third kappa shape index (κ3) is 6.78. The van der Waals surface area contributed by atoms with Crippen molar-refractivity contribution in [1.29, 1.82) is 0 Å². The molecule has 0 heterocycles. The molecule has 0 bridgehead atoms. The molecular formula is C17H28O4. The fraction of sp³-hybridized carbons (Fsp3) is 0.765. The first-order valence-corrected chi connectivity index (χ1v) is 7.98. The van der Waals surface area contributed by atoms with Crippen molar-refractivity contribution in [2.24, 2.45) is 11.8 Å². The Hall–Kier alpha value is -1.32. The zero-order chi connectivity index (χ0) is 15.9. The summed E-state index contributed by atoms with van der Waals surface area (Å²) in [5.74, 6) is -0.281. The highest BCUT2D eigenvalue weighted by atomic mass is 16.6. The number of rotatable bonds is 7. The van der Waals surface area contributed by atoms with Gasteiger partial charge in [-0.15, -0.1) is 0 Å². The summed E-state index contributed by atoms with van der Waals surface area (Å²) in [4.78, 5) is 22.2. The lowest BCUT2D eigenvalue weighted by atomic mass is 9.77. The lowest BCUT2D eigenvalue weighted by molar-refractivity contribution is -0.155. The fourth-order valence-corrected chi connectivity index (χ4v) is 3.28. The number of ether oxygens (including phenoxy) is 1. The Balaban J connectivity index is 2.60. The summed E-state index contributed by atoms with van der Waals surface area (Å²) in [6.45, 7) is 6.33. The van der Waals surface area contributed by atoms with Gasteiger partial charge in [0.25, 0.3) is 0 Å². The number of aliphatic carboxylic acids is 1.